The van der Waals surface area contributed by atoms with Crippen molar-refractivity contribution in [2.45, 2.75) is 12.8 Å². The third-order valence-electron chi connectivity index (χ3n) is 3.37. The summed E-state index contributed by atoms with van der Waals surface area (Å²) >= 11 is 3.37. The molecule has 2 aromatic carbocycles. The van der Waals surface area contributed by atoms with Gasteiger partial charge in [-0.25, -0.2) is 0 Å². The van der Waals surface area contributed by atoms with Gasteiger partial charge in [-0.05, 0) is 23.8 Å². The van der Waals surface area contributed by atoms with E-state index in [1.54, 1.807) is 0 Å². The van der Waals surface area contributed by atoms with Crippen LogP contribution in [0.1, 0.15) is 12.0 Å². The van der Waals surface area contributed by atoms with Crippen molar-refractivity contribution in [3.8, 4) is 5.75 Å². The molecule has 25 heavy (non-hydrogen) atoms. The normalized spacial score (nSPS) is 10.1. The molecular formula is C19H21BrN2O3. The second-order valence-electron chi connectivity index (χ2n) is 5.42. The van der Waals surface area contributed by atoms with Gasteiger partial charge >= 0.3 is 0 Å². The van der Waals surface area contributed by atoms with Crippen LogP contribution < -0.4 is 15.4 Å². The van der Waals surface area contributed by atoms with E-state index in [-0.39, 0.29) is 18.2 Å². The Hall–Kier alpha value is -2.34. The van der Waals surface area contributed by atoms with E-state index in [1.165, 1.54) is 0 Å². The third-order valence-corrected chi connectivity index (χ3v) is 3.86. The lowest BCUT2D eigenvalue weighted by Crippen LogP contribution is -2.33. The second kappa shape index (κ2) is 10.5. The van der Waals surface area contributed by atoms with Crippen molar-refractivity contribution in [1.82, 2.24) is 10.6 Å². The first-order valence-electron chi connectivity index (χ1n) is 8.09. The number of benzene rings is 2. The third kappa shape index (κ3) is 7.85. The molecule has 0 heterocycles. The van der Waals surface area contributed by atoms with Crippen molar-refractivity contribution in [2.24, 2.45) is 0 Å². The SMILES string of the molecule is O=C(CCNC(=O)Cc1ccccc1)NCCOc1cccc(Br)c1. The fourth-order valence-corrected chi connectivity index (χ4v) is 2.54. The molecule has 0 atom stereocenters. The van der Waals surface area contributed by atoms with Crippen LogP contribution in [0.15, 0.2) is 59.1 Å². The first-order valence-corrected chi connectivity index (χ1v) is 8.88. The first kappa shape index (κ1) is 19.0. The molecule has 2 amide bonds. The van der Waals surface area contributed by atoms with Crippen LogP contribution in [0.3, 0.4) is 0 Å². The minimum atomic E-state index is -0.113. The van der Waals surface area contributed by atoms with Gasteiger partial charge in [-0.1, -0.05) is 52.3 Å². The summed E-state index contributed by atoms with van der Waals surface area (Å²) in [5.74, 6) is 0.548. The highest BCUT2D eigenvalue weighted by Gasteiger charge is 2.05. The van der Waals surface area contributed by atoms with Crippen LogP contribution >= 0.6 is 15.9 Å². The highest BCUT2D eigenvalue weighted by atomic mass is 79.9. The largest absolute Gasteiger partial charge is 0.492 e. The molecule has 0 fully saturated rings. The Bertz CT molecular complexity index is 692. The van der Waals surface area contributed by atoms with Gasteiger partial charge in [-0.3, -0.25) is 9.59 Å². The minimum absolute atomic E-state index is 0.0861. The lowest BCUT2D eigenvalue weighted by atomic mass is 10.1. The lowest BCUT2D eigenvalue weighted by molar-refractivity contribution is -0.122. The quantitative estimate of drug-likeness (QED) is 0.631. The number of carbonyl (C=O) groups is 2. The number of hydrogen-bond donors (Lipinski definition) is 2. The molecule has 0 aromatic heterocycles. The fourth-order valence-electron chi connectivity index (χ4n) is 2.16. The van der Waals surface area contributed by atoms with Crippen LogP contribution in [0, 0.1) is 0 Å². The van der Waals surface area contributed by atoms with Gasteiger partial charge < -0.3 is 15.4 Å². The summed E-state index contributed by atoms with van der Waals surface area (Å²) in [6.07, 6.45) is 0.570. The molecular weight excluding hydrogens is 384 g/mol. The summed E-state index contributed by atoms with van der Waals surface area (Å²) < 4.78 is 6.48. The van der Waals surface area contributed by atoms with Crippen LogP contribution in [0.5, 0.6) is 5.75 Å². The van der Waals surface area contributed by atoms with Gasteiger partial charge in [0, 0.05) is 17.4 Å². The molecule has 0 saturated heterocycles. The molecule has 0 spiro atoms. The van der Waals surface area contributed by atoms with E-state index in [1.807, 2.05) is 54.6 Å². The number of rotatable bonds is 9. The molecule has 0 unspecified atom stereocenters. The number of amides is 2. The molecule has 6 heteroatoms. The molecule has 0 saturated carbocycles. The zero-order valence-electron chi connectivity index (χ0n) is 13.8. The first-order chi connectivity index (χ1) is 12.1. The summed E-state index contributed by atoms with van der Waals surface area (Å²) in [7, 11) is 0. The average Bonchev–Trinajstić information content (AvgIpc) is 2.60. The maximum absolute atomic E-state index is 11.8. The van der Waals surface area contributed by atoms with Gasteiger partial charge in [0.2, 0.25) is 11.8 Å². The number of halogens is 1. The molecule has 0 aliphatic heterocycles. The monoisotopic (exact) mass is 404 g/mol. The van der Waals surface area contributed by atoms with Gasteiger partial charge in [0.25, 0.3) is 0 Å². The number of ether oxygens (including phenoxy) is 1. The molecule has 5 nitrogen and oxygen atoms in total. The molecule has 0 radical (unpaired) electrons. The minimum Gasteiger partial charge on any atom is -0.492 e. The van der Waals surface area contributed by atoms with Crippen molar-refractivity contribution in [3.63, 3.8) is 0 Å². The zero-order chi connectivity index (χ0) is 17.9. The highest BCUT2D eigenvalue weighted by molar-refractivity contribution is 9.10. The molecule has 0 bridgehead atoms. The maximum atomic E-state index is 11.8. The van der Waals surface area contributed by atoms with Gasteiger partial charge in [-0.15, -0.1) is 0 Å². The Morgan fingerprint density at radius 3 is 2.44 bits per heavy atom. The summed E-state index contributed by atoms with van der Waals surface area (Å²) in [6.45, 7) is 1.13. The molecule has 0 aliphatic carbocycles. The smallest absolute Gasteiger partial charge is 0.224 e. The standard InChI is InChI=1S/C19H21BrN2O3/c20-16-7-4-8-17(14-16)25-12-11-22-18(23)9-10-21-19(24)13-15-5-2-1-3-6-15/h1-8,14H,9-13H2,(H,21,24)(H,22,23). The Kier molecular flexibility index (Phi) is 7.98. The maximum Gasteiger partial charge on any atom is 0.224 e. The number of hydrogen-bond acceptors (Lipinski definition) is 3. The Labute approximate surface area is 155 Å². The predicted octanol–water partition coefficient (Wildman–Crippen LogP) is 2.69. The highest BCUT2D eigenvalue weighted by Crippen LogP contribution is 2.17. The molecule has 0 aliphatic rings. The van der Waals surface area contributed by atoms with Crippen LogP contribution in [-0.4, -0.2) is 31.5 Å². The van der Waals surface area contributed by atoms with E-state index in [9.17, 15) is 9.59 Å². The molecule has 2 N–H and O–H groups in total. The van der Waals surface area contributed by atoms with Crippen molar-refractivity contribution < 1.29 is 14.3 Å². The van der Waals surface area contributed by atoms with Crippen molar-refractivity contribution in [3.05, 3.63) is 64.6 Å². The number of nitrogens with one attached hydrogen (secondary N) is 2. The van der Waals surface area contributed by atoms with Crippen molar-refractivity contribution >= 4 is 27.7 Å². The van der Waals surface area contributed by atoms with Crippen molar-refractivity contribution in [2.75, 3.05) is 19.7 Å². The van der Waals surface area contributed by atoms with E-state index in [0.29, 0.717) is 26.1 Å². The summed E-state index contributed by atoms with van der Waals surface area (Å²) in [5.41, 5.74) is 0.953. The fraction of sp³-hybridized carbons (Fsp3) is 0.263. The van der Waals surface area contributed by atoms with Crippen LogP contribution in [-0.2, 0) is 16.0 Å². The Morgan fingerprint density at radius 1 is 0.920 bits per heavy atom. The van der Waals surface area contributed by atoms with Gasteiger partial charge in [0.05, 0.1) is 13.0 Å². The lowest BCUT2D eigenvalue weighted by Gasteiger charge is -2.09. The number of carbonyl (C=O) groups excluding carboxylic acids is 2. The zero-order valence-corrected chi connectivity index (χ0v) is 15.4. The van der Waals surface area contributed by atoms with E-state index >= 15 is 0 Å². The molecule has 2 aromatic rings. The van der Waals surface area contributed by atoms with E-state index < -0.39 is 0 Å². The Balaban J connectivity index is 1.54. The van der Waals surface area contributed by atoms with E-state index in [4.69, 9.17) is 4.74 Å². The van der Waals surface area contributed by atoms with Gasteiger partial charge in [-0.2, -0.15) is 0 Å². The Morgan fingerprint density at radius 2 is 1.68 bits per heavy atom. The average molecular weight is 405 g/mol. The van der Waals surface area contributed by atoms with Crippen molar-refractivity contribution in [1.29, 1.82) is 0 Å². The van der Waals surface area contributed by atoms with Gasteiger partial charge in [0.15, 0.2) is 0 Å². The topological polar surface area (TPSA) is 67.4 Å². The van der Waals surface area contributed by atoms with Crippen LogP contribution in [0.4, 0.5) is 0 Å². The molecule has 2 rings (SSSR count). The van der Waals surface area contributed by atoms with Gasteiger partial charge in [0.1, 0.15) is 12.4 Å². The molecule has 132 valence electrons. The van der Waals surface area contributed by atoms with Crippen LogP contribution in [0.25, 0.3) is 0 Å². The summed E-state index contributed by atoms with van der Waals surface area (Å²) in [6, 6.07) is 17.0. The summed E-state index contributed by atoms with van der Waals surface area (Å²) in [4.78, 5) is 23.5. The van der Waals surface area contributed by atoms with Crippen LogP contribution in [0.2, 0.25) is 0 Å². The summed E-state index contributed by atoms with van der Waals surface area (Å²) in [5, 5.41) is 5.51. The second-order valence-corrected chi connectivity index (χ2v) is 6.33. The predicted molar refractivity (Wildman–Crippen MR) is 100 cm³/mol. The van der Waals surface area contributed by atoms with E-state index in [2.05, 4.69) is 26.6 Å². The van der Waals surface area contributed by atoms with E-state index in [0.717, 1.165) is 15.8 Å².